The normalized spacial score (nSPS) is 12.4. The number of carbonyl (C=O) groups excluding carboxylic acids is 2. The molecule has 1 amide bonds. The van der Waals surface area contributed by atoms with E-state index in [1.54, 1.807) is 0 Å². The second-order valence-corrected chi connectivity index (χ2v) is 7.81. The van der Waals surface area contributed by atoms with Crippen LogP contribution >= 0.6 is 0 Å². The van der Waals surface area contributed by atoms with Crippen LogP contribution in [-0.4, -0.2) is 45.0 Å². The molecule has 0 fully saturated rings. The average Bonchev–Trinajstić information content (AvgIpc) is 2.71. The minimum Gasteiger partial charge on any atom is -0.449 e. The molecule has 0 aliphatic heterocycles. The molecule has 1 atom stereocenters. The molecular weight excluding hydrogens is 384 g/mol. The molecule has 1 N–H and O–H groups in total. The Morgan fingerprint density at radius 3 is 2.43 bits per heavy atom. The zero-order chi connectivity index (χ0) is 20.7. The highest BCUT2D eigenvalue weighted by Gasteiger charge is 2.24. The number of ether oxygens (including phenoxy) is 1. The number of carbonyl (C=O) groups is 2. The maximum atomic E-state index is 12.3. The third-order valence-electron chi connectivity index (χ3n) is 3.93. The van der Waals surface area contributed by atoms with Crippen LogP contribution in [0.2, 0.25) is 0 Å². The molecule has 8 nitrogen and oxygen atoms in total. The number of benzene rings is 2. The Kier molecular flexibility index (Phi) is 7.27. The van der Waals surface area contributed by atoms with Crippen molar-refractivity contribution in [2.45, 2.75) is 24.5 Å². The summed E-state index contributed by atoms with van der Waals surface area (Å²) < 4.78 is 30.4. The summed E-state index contributed by atoms with van der Waals surface area (Å²) in [5.74, 6) is -1.26. The van der Waals surface area contributed by atoms with E-state index in [1.165, 1.54) is 45.3 Å². The van der Waals surface area contributed by atoms with E-state index in [2.05, 4.69) is 5.32 Å². The van der Waals surface area contributed by atoms with Crippen molar-refractivity contribution in [3.63, 3.8) is 0 Å². The summed E-state index contributed by atoms with van der Waals surface area (Å²) in [4.78, 5) is 29.0. The van der Waals surface area contributed by atoms with Gasteiger partial charge >= 0.3 is 5.97 Å². The maximum absolute atomic E-state index is 12.3. The van der Waals surface area contributed by atoms with Gasteiger partial charge in [0.2, 0.25) is 0 Å². The first-order valence-corrected chi connectivity index (χ1v) is 9.85. The highest BCUT2D eigenvalue weighted by molar-refractivity contribution is 7.89. The lowest BCUT2D eigenvalue weighted by molar-refractivity contribution is -0.129. The Labute approximate surface area is 164 Å². The molecule has 0 unspecified atom stereocenters. The van der Waals surface area contributed by atoms with Crippen molar-refractivity contribution in [3.05, 3.63) is 65.7 Å². The number of esters is 1. The number of hydroxylamine groups is 1. The predicted molar refractivity (Wildman–Crippen MR) is 102 cm³/mol. The van der Waals surface area contributed by atoms with E-state index >= 15 is 0 Å². The Hall–Kier alpha value is -2.75. The van der Waals surface area contributed by atoms with Gasteiger partial charge in [-0.15, -0.1) is 0 Å². The Morgan fingerprint density at radius 1 is 1.11 bits per heavy atom. The summed E-state index contributed by atoms with van der Waals surface area (Å²) in [6.07, 6.45) is -1.04. The van der Waals surface area contributed by atoms with Crippen LogP contribution < -0.4 is 5.32 Å². The Bertz CT molecular complexity index is 930. The number of nitrogens with zero attached hydrogens (tertiary/aromatic N) is 1. The van der Waals surface area contributed by atoms with Crippen molar-refractivity contribution in [3.8, 4) is 0 Å². The van der Waals surface area contributed by atoms with Gasteiger partial charge in [0.25, 0.3) is 15.9 Å². The predicted octanol–water partition coefficient (Wildman–Crippen LogP) is 1.73. The molecule has 28 heavy (non-hydrogen) atoms. The monoisotopic (exact) mass is 406 g/mol. The van der Waals surface area contributed by atoms with Gasteiger partial charge in [0.15, 0.2) is 6.10 Å². The lowest BCUT2D eigenvalue weighted by atomic mass is 10.2. The minimum absolute atomic E-state index is 0.00767. The summed E-state index contributed by atoms with van der Waals surface area (Å²) in [5.41, 5.74) is 0.919. The van der Waals surface area contributed by atoms with Gasteiger partial charge < -0.3 is 10.1 Å². The summed E-state index contributed by atoms with van der Waals surface area (Å²) >= 11 is 0. The molecule has 0 bridgehead atoms. The lowest BCUT2D eigenvalue weighted by Crippen LogP contribution is -2.35. The van der Waals surface area contributed by atoms with Crippen LogP contribution in [0.4, 0.5) is 0 Å². The van der Waals surface area contributed by atoms with Gasteiger partial charge in [-0.05, 0) is 30.7 Å². The smallest absolute Gasteiger partial charge is 0.338 e. The van der Waals surface area contributed by atoms with Gasteiger partial charge in [-0.3, -0.25) is 9.63 Å². The minimum atomic E-state index is -3.91. The van der Waals surface area contributed by atoms with Crippen LogP contribution in [-0.2, 0) is 30.9 Å². The zero-order valence-electron chi connectivity index (χ0n) is 15.8. The van der Waals surface area contributed by atoms with E-state index in [4.69, 9.17) is 9.57 Å². The maximum Gasteiger partial charge on any atom is 0.338 e. The first kappa shape index (κ1) is 21.5. The molecule has 0 aliphatic carbocycles. The second-order valence-electron chi connectivity index (χ2n) is 5.88. The van der Waals surface area contributed by atoms with E-state index in [1.807, 2.05) is 30.3 Å². The average molecular weight is 406 g/mol. The van der Waals surface area contributed by atoms with Gasteiger partial charge in [0.05, 0.1) is 17.6 Å². The number of nitrogens with one attached hydrogen (secondary N) is 1. The summed E-state index contributed by atoms with van der Waals surface area (Å²) in [5, 5.41) is 2.68. The fourth-order valence-corrected chi connectivity index (χ4v) is 3.26. The van der Waals surface area contributed by atoms with Crippen LogP contribution in [0.1, 0.15) is 22.8 Å². The molecule has 9 heteroatoms. The van der Waals surface area contributed by atoms with E-state index in [0.29, 0.717) is 11.0 Å². The fourth-order valence-electron chi connectivity index (χ4n) is 2.24. The van der Waals surface area contributed by atoms with Crippen LogP contribution in [0.5, 0.6) is 0 Å². The van der Waals surface area contributed by atoms with E-state index in [9.17, 15) is 18.0 Å². The molecule has 0 saturated heterocycles. The van der Waals surface area contributed by atoms with Crippen LogP contribution in [0, 0.1) is 0 Å². The van der Waals surface area contributed by atoms with Gasteiger partial charge in [0.1, 0.15) is 0 Å². The van der Waals surface area contributed by atoms with Crippen molar-refractivity contribution in [2.75, 3.05) is 14.2 Å². The topological polar surface area (TPSA) is 102 Å². The molecule has 150 valence electrons. The molecule has 0 aromatic heterocycles. The van der Waals surface area contributed by atoms with Crippen molar-refractivity contribution in [1.29, 1.82) is 0 Å². The summed E-state index contributed by atoms with van der Waals surface area (Å²) in [6.45, 7) is 1.75. The first-order valence-electron chi connectivity index (χ1n) is 8.41. The van der Waals surface area contributed by atoms with Crippen LogP contribution in [0.3, 0.4) is 0 Å². The first-order chi connectivity index (χ1) is 13.3. The molecule has 2 rings (SSSR count). The summed E-state index contributed by atoms with van der Waals surface area (Å²) in [6, 6.07) is 14.6. The molecule has 0 saturated carbocycles. The van der Waals surface area contributed by atoms with Gasteiger partial charge in [-0.2, -0.15) is 0 Å². The zero-order valence-corrected chi connectivity index (χ0v) is 16.6. The highest BCUT2D eigenvalue weighted by atomic mass is 32.2. The quantitative estimate of drug-likeness (QED) is 0.529. The number of hydrogen-bond donors (Lipinski definition) is 1. The van der Waals surface area contributed by atoms with Gasteiger partial charge in [-0.25, -0.2) is 13.2 Å². The van der Waals surface area contributed by atoms with Crippen LogP contribution in [0.25, 0.3) is 0 Å². The van der Waals surface area contributed by atoms with Gasteiger partial charge in [-0.1, -0.05) is 40.9 Å². The molecule has 0 heterocycles. The Balaban J connectivity index is 2.02. The largest absolute Gasteiger partial charge is 0.449 e. The number of hydrogen-bond acceptors (Lipinski definition) is 6. The Morgan fingerprint density at radius 2 is 1.79 bits per heavy atom. The van der Waals surface area contributed by atoms with E-state index in [-0.39, 0.29) is 10.5 Å². The molecule has 0 radical (unpaired) electrons. The van der Waals surface area contributed by atoms with E-state index < -0.39 is 28.0 Å². The number of amides is 1. The summed E-state index contributed by atoms with van der Waals surface area (Å²) in [7, 11) is -1.46. The van der Waals surface area contributed by atoms with Crippen molar-refractivity contribution >= 4 is 21.9 Å². The number of rotatable bonds is 8. The number of sulfonamides is 1. The third kappa shape index (κ3) is 5.38. The molecule has 2 aromatic rings. The third-order valence-corrected chi connectivity index (χ3v) is 5.60. The molecule has 2 aromatic carbocycles. The van der Waals surface area contributed by atoms with Gasteiger partial charge in [0, 0.05) is 13.6 Å². The lowest BCUT2D eigenvalue weighted by Gasteiger charge is -2.16. The molecule has 0 aliphatic rings. The van der Waals surface area contributed by atoms with Crippen molar-refractivity contribution in [2.24, 2.45) is 0 Å². The fraction of sp³-hybridized carbons (Fsp3) is 0.263. The standard InChI is InChI=1S/C19H22N2O6S/c1-14(18(22)20-13-15-8-5-4-6-9-15)27-19(23)16-10-7-11-17(12-16)28(24,25)21(2)26-3/h4-12,14H,13H2,1-3H3,(H,20,22)/t14-/m0/s1. The van der Waals surface area contributed by atoms with Crippen molar-refractivity contribution < 1.29 is 27.6 Å². The molecule has 0 spiro atoms. The molecular formula is C19H22N2O6S. The second kappa shape index (κ2) is 9.45. The van der Waals surface area contributed by atoms with E-state index in [0.717, 1.165) is 5.56 Å². The van der Waals surface area contributed by atoms with Crippen molar-refractivity contribution in [1.82, 2.24) is 9.79 Å². The SMILES string of the molecule is CON(C)S(=O)(=O)c1cccc(C(=O)O[C@@H](C)C(=O)NCc2ccccc2)c1. The van der Waals surface area contributed by atoms with Crippen LogP contribution in [0.15, 0.2) is 59.5 Å². The highest BCUT2D eigenvalue weighted by Crippen LogP contribution is 2.17.